The van der Waals surface area contributed by atoms with Gasteiger partial charge in [-0.15, -0.1) is 0 Å². The van der Waals surface area contributed by atoms with Gasteiger partial charge in [0.05, 0.1) is 11.6 Å². The summed E-state index contributed by atoms with van der Waals surface area (Å²) in [6.45, 7) is 3.93. The van der Waals surface area contributed by atoms with Crippen LogP contribution in [0.25, 0.3) is 11.1 Å². The van der Waals surface area contributed by atoms with Crippen molar-refractivity contribution in [1.29, 1.82) is 0 Å². The molecular weight excluding hydrogens is 251 g/mol. The van der Waals surface area contributed by atoms with Crippen molar-refractivity contribution in [3.8, 4) is 11.1 Å². The topological polar surface area (TPSA) is 20.2 Å². The maximum Gasteiger partial charge on any atom is 0.141 e. The van der Waals surface area contributed by atoms with E-state index in [9.17, 15) is 9.50 Å². The summed E-state index contributed by atoms with van der Waals surface area (Å²) in [5, 5.41) is 9.39. The van der Waals surface area contributed by atoms with Gasteiger partial charge < -0.3 is 5.11 Å². The quantitative estimate of drug-likeness (QED) is 0.859. The summed E-state index contributed by atoms with van der Waals surface area (Å²) < 4.78 is 13.1. The maximum absolute atomic E-state index is 13.1. The van der Waals surface area contributed by atoms with E-state index in [4.69, 9.17) is 11.6 Å². The van der Waals surface area contributed by atoms with E-state index in [1.165, 1.54) is 6.07 Å². The highest BCUT2D eigenvalue weighted by Crippen LogP contribution is 2.28. The third-order valence-corrected chi connectivity index (χ3v) is 3.40. The third-order valence-electron chi connectivity index (χ3n) is 3.11. The highest BCUT2D eigenvalue weighted by atomic mass is 35.5. The average molecular weight is 265 g/mol. The third kappa shape index (κ3) is 2.40. The summed E-state index contributed by atoms with van der Waals surface area (Å²) in [4.78, 5) is 0. The first kappa shape index (κ1) is 13.1. The molecule has 2 aromatic carbocycles. The number of aryl methyl sites for hydroxylation is 2. The summed E-state index contributed by atoms with van der Waals surface area (Å²) in [6.07, 6.45) is 0. The fourth-order valence-corrected chi connectivity index (χ4v) is 2.27. The molecule has 0 aliphatic heterocycles. The summed E-state index contributed by atoms with van der Waals surface area (Å²) in [5.41, 5.74) is 4.83. The zero-order valence-electron chi connectivity index (χ0n) is 10.3. The van der Waals surface area contributed by atoms with Crippen molar-refractivity contribution in [1.82, 2.24) is 0 Å². The van der Waals surface area contributed by atoms with Crippen LogP contribution in [0.2, 0.25) is 5.02 Å². The lowest BCUT2D eigenvalue weighted by Gasteiger charge is -2.11. The van der Waals surface area contributed by atoms with Gasteiger partial charge in [-0.3, -0.25) is 0 Å². The molecule has 1 nitrogen and oxygen atoms in total. The molecule has 0 aliphatic rings. The van der Waals surface area contributed by atoms with Crippen molar-refractivity contribution < 1.29 is 9.50 Å². The van der Waals surface area contributed by atoms with Crippen molar-refractivity contribution >= 4 is 11.6 Å². The largest absolute Gasteiger partial charge is 0.392 e. The van der Waals surface area contributed by atoms with Crippen LogP contribution in [0.15, 0.2) is 30.3 Å². The molecule has 1 N–H and O–H groups in total. The van der Waals surface area contributed by atoms with Crippen LogP contribution in [0.5, 0.6) is 0 Å². The Kier molecular flexibility index (Phi) is 3.69. The fourth-order valence-electron chi connectivity index (χ4n) is 2.09. The molecule has 0 aliphatic carbocycles. The number of aliphatic hydroxyl groups excluding tert-OH is 1. The molecule has 0 saturated heterocycles. The first-order valence-electron chi connectivity index (χ1n) is 5.69. The molecule has 2 aromatic rings. The molecular formula is C15H14ClFO. The van der Waals surface area contributed by atoms with E-state index in [-0.39, 0.29) is 11.6 Å². The second-order valence-electron chi connectivity index (χ2n) is 4.38. The first-order chi connectivity index (χ1) is 8.52. The van der Waals surface area contributed by atoms with Gasteiger partial charge in [0.15, 0.2) is 0 Å². The Hall–Kier alpha value is -1.38. The second-order valence-corrected chi connectivity index (χ2v) is 4.78. The molecule has 0 radical (unpaired) electrons. The SMILES string of the molecule is Cc1cc(-c2ccc(F)c(Cl)c2)cc(C)c1CO. The standard InChI is InChI=1S/C15H14ClFO/c1-9-5-12(6-10(2)13(9)8-18)11-3-4-15(17)14(16)7-11/h3-7,18H,8H2,1-2H3. The van der Waals surface area contributed by atoms with Gasteiger partial charge in [0.25, 0.3) is 0 Å². The highest BCUT2D eigenvalue weighted by molar-refractivity contribution is 6.31. The minimum absolute atomic E-state index is 0.0299. The summed E-state index contributed by atoms with van der Waals surface area (Å²) in [6, 6.07) is 8.63. The second kappa shape index (κ2) is 5.09. The van der Waals surface area contributed by atoms with Crippen molar-refractivity contribution in [2.75, 3.05) is 0 Å². The van der Waals surface area contributed by atoms with Crippen LogP contribution in [0.1, 0.15) is 16.7 Å². The molecule has 0 amide bonds. The van der Waals surface area contributed by atoms with E-state index < -0.39 is 5.82 Å². The van der Waals surface area contributed by atoms with Gasteiger partial charge in [-0.1, -0.05) is 29.8 Å². The number of hydrogen-bond donors (Lipinski definition) is 1. The van der Waals surface area contributed by atoms with Crippen LogP contribution in [-0.2, 0) is 6.61 Å². The summed E-state index contributed by atoms with van der Waals surface area (Å²) in [5.74, 6) is -0.416. The molecule has 3 heteroatoms. The van der Waals surface area contributed by atoms with E-state index >= 15 is 0 Å². The highest BCUT2D eigenvalue weighted by Gasteiger charge is 2.07. The Balaban J connectivity index is 2.54. The zero-order valence-corrected chi connectivity index (χ0v) is 11.1. The normalized spacial score (nSPS) is 10.7. The molecule has 0 bridgehead atoms. The average Bonchev–Trinajstić information content (AvgIpc) is 2.32. The van der Waals surface area contributed by atoms with E-state index in [1.54, 1.807) is 12.1 Å². The molecule has 94 valence electrons. The minimum atomic E-state index is -0.416. The van der Waals surface area contributed by atoms with E-state index in [1.807, 2.05) is 26.0 Å². The van der Waals surface area contributed by atoms with Crippen molar-refractivity contribution in [2.45, 2.75) is 20.5 Å². The fraction of sp³-hybridized carbons (Fsp3) is 0.200. The molecule has 0 aromatic heterocycles. The molecule has 18 heavy (non-hydrogen) atoms. The van der Waals surface area contributed by atoms with E-state index in [2.05, 4.69) is 0 Å². The molecule has 0 atom stereocenters. The van der Waals surface area contributed by atoms with E-state index in [0.717, 1.165) is 27.8 Å². The minimum Gasteiger partial charge on any atom is -0.392 e. The smallest absolute Gasteiger partial charge is 0.141 e. The van der Waals surface area contributed by atoms with Gasteiger partial charge >= 0.3 is 0 Å². The molecule has 0 unspecified atom stereocenters. The Labute approximate surface area is 111 Å². The summed E-state index contributed by atoms with van der Waals surface area (Å²) >= 11 is 5.79. The van der Waals surface area contributed by atoms with Gasteiger partial charge in [0.1, 0.15) is 5.82 Å². The van der Waals surface area contributed by atoms with Gasteiger partial charge in [-0.05, 0) is 53.8 Å². The van der Waals surface area contributed by atoms with Gasteiger partial charge in [0.2, 0.25) is 0 Å². The molecule has 0 fully saturated rings. The zero-order chi connectivity index (χ0) is 13.3. The number of benzene rings is 2. The van der Waals surface area contributed by atoms with Crippen LogP contribution in [0.4, 0.5) is 4.39 Å². The lowest BCUT2D eigenvalue weighted by molar-refractivity contribution is 0.280. The number of rotatable bonds is 2. The van der Waals surface area contributed by atoms with Crippen molar-refractivity contribution in [3.63, 3.8) is 0 Å². The lowest BCUT2D eigenvalue weighted by Crippen LogP contribution is -1.94. The molecule has 0 heterocycles. The van der Waals surface area contributed by atoms with Gasteiger partial charge in [-0.2, -0.15) is 0 Å². The van der Waals surface area contributed by atoms with E-state index in [0.29, 0.717) is 0 Å². The first-order valence-corrected chi connectivity index (χ1v) is 6.07. The Morgan fingerprint density at radius 2 is 1.67 bits per heavy atom. The van der Waals surface area contributed by atoms with Gasteiger partial charge in [0, 0.05) is 0 Å². The number of hydrogen-bond acceptors (Lipinski definition) is 1. The van der Waals surface area contributed by atoms with Crippen molar-refractivity contribution in [3.05, 3.63) is 57.9 Å². The van der Waals surface area contributed by atoms with Crippen LogP contribution < -0.4 is 0 Å². The maximum atomic E-state index is 13.1. The lowest BCUT2D eigenvalue weighted by atomic mass is 9.96. The van der Waals surface area contributed by atoms with Crippen molar-refractivity contribution in [2.24, 2.45) is 0 Å². The van der Waals surface area contributed by atoms with Crippen LogP contribution in [0, 0.1) is 19.7 Å². The molecule has 2 rings (SSSR count). The Bertz CT molecular complexity index is 570. The van der Waals surface area contributed by atoms with Gasteiger partial charge in [-0.25, -0.2) is 4.39 Å². The number of aliphatic hydroxyl groups is 1. The predicted octanol–water partition coefficient (Wildman–Crippen LogP) is 4.26. The molecule has 0 saturated carbocycles. The van der Waals surface area contributed by atoms with Crippen LogP contribution >= 0.6 is 11.6 Å². The molecule has 0 spiro atoms. The predicted molar refractivity (Wildman–Crippen MR) is 72.2 cm³/mol. The summed E-state index contributed by atoms with van der Waals surface area (Å²) in [7, 11) is 0. The number of halogens is 2. The monoisotopic (exact) mass is 264 g/mol. The Morgan fingerprint density at radius 1 is 1.06 bits per heavy atom. The Morgan fingerprint density at radius 3 is 2.17 bits per heavy atom. The van der Waals surface area contributed by atoms with Crippen LogP contribution in [-0.4, -0.2) is 5.11 Å². The van der Waals surface area contributed by atoms with Crippen LogP contribution in [0.3, 0.4) is 0 Å².